The molecule has 0 saturated carbocycles. The lowest BCUT2D eigenvalue weighted by Gasteiger charge is -2.06. The van der Waals surface area contributed by atoms with Crippen LogP contribution in [0.15, 0.2) is 93.9 Å². The van der Waals surface area contributed by atoms with E-state index >= 15 is 0 Å². The summed E-state index contributed by atoms with van der Waals surface area (Å²) in [6, 6.07) is 23.7. The fourth-order valence-corrected chi connectivity index (χ4v) is 2.93. The molecular weight excluding hydrogens is 378 g/mol. The zero-order chi connectivity index (χ0) is 20.8. The molecule has 0 aliphatic carbocycles. The number of carbonyl (C=O) groups is 1. The van der Waals surface area contributed by atoms with E-state index in [0.717, 1.165) is 5.69 Å². The number of H-pyrrole nitrogens is 1. The van der Waals surface area contributed by atoms with Gasteiger partial charge in [0.1, 0.15) is 5.82 Å². The number of carbonyl (C=O) groups excluding carboxylic acids is 1. The monoisotopic (exact) mass is 397 g/mol. The first-order valence-electron chi connectivity index (χ1n) is 9.52. The molecule has 3 aromatic carbocycles. The van der Waals surface area contributed by atoms with Crippen molar-refractivity contribution in [3.63, 3.8) is 0 Å². The van der Waals surface area contributed by atoms with Gasteiger partial charge in [-0.3, -0.25) is 9.59 Å². The topological polar surface area (TPSA) is 99.6 Å². The molecule has 148 valence electrons. The van der Waals surface area contributed by atoms with Crippen LogP contribution in [0, 0.1) is 0 Å². The van der Waals surface area contributed by atoms with E-state index in [1.807, 2.05) is 36.4 Å². The molecule has 0 fully saturated rings. The number of amides is 1. The summed E-state index contributed by atoms with van der Waals surface area (Å²) in [6.07, 6.45) is 0.548. The molecule has 7 nitrogen and oxygen atoms in total. The Balaban J connectivity index is 1.34. The number of aryl methyl sites for hydroxylation is 1. The van der Waals surface area contributed by atoms with E-state index in [1.165, 1.54) is 0 Å². The second-order valence-corrected chi connectivity index (χ2v) is 6.66. The van der Waals surface area contributed by atoms with Crippen molar-refractivity contribution in [3.8, 4) is 0 Å². The zero-order valence-corrected chi connectivity index (χ0v) is 16.1. The van der Waals surface area contributed by atoms with Gasteiger partial charge < -0.3 is 10.3 Å². The molecule has 1 heterocycles. The minimum absolute atomic E-state index is 0.163. The van der Waals surface area contributed by atoms with Crippen LogP contribution >= 0.6 is 0 Å². The number of hydrogen-bond acceptors (Lipinski definition) is 5. The molecule has 2 N–H and O–H groups in total. The first-order chi connectivity index (χ1) is 14.7. The molecule has 0 aliphatic rings. The number of azo groups is 1. The second-order valence-electron chi connectivity index (χ2n) is 6.66. The lowest BCUT2D eigenvalue weighted by molar-refractivity contribution is -0.116. The van der Waals surface area contributed by atoms with Gasteiger partial charge in [-0.15, -0.1) is 0 Å². The second kappa shape index (κ2) is 8.91. The minimum atomic E-state index is -0.198. The highest BCUT2D eigenvalue weighted by atomic mass is 16.1. The molecule has 4 aromatic rings. The van der Waals surface area contributed by atoms with Crippen molar-refractivity contribution in [2.24, 2.45) is 10.2 Å². The molecule has 7 heteroatoms. The number of para-hydroxylation sites is 1. The number of anilines is 1. The van der Waals surface area contributed by atoms with Gasteiger partial charge in [0.25, 0.3) is 5.56 Å². The zero-order valence-electron chi connectivity index (χ0n) is 16.1. The van der Waals surface area contributed by atoms with Crippen molar-refractivity contribution in [2.45, 2.75) is 12.8 Å². The number of nitrogens with one attached hydrogen (secondary N) is 2. The lowest BCUT2D eigenvalue weighted by Crippen LogP contribution is -2.16. The Hall–Kier alpha value is -4.13. The highest BCUT2D eigenvalue weighted by Crippen LogP contribution is 2.20. The van der Waals surface area contributed by atoms with Crippen LogP contribution < -0.4 is 10.9 Å². The summed E-state index contributed by atoms with van der Waals surface area (Å²) in [7, 11) is 0. The fourth-order valence-electron chi connectivity index (χ4n) is 2.93. The van der Waals surface area contributed by atoms with E-state index in [2.05, 4.69) is 25.5 Å². The van der Waals surface area contributed by atoms with E-state index in [9.17, 15) is 9.59 Å². The van der Waals surface area contributed by atoms with Crippen molar-refractivity contribution in [1.29, 1.82) is 0 Å². The van der Waals surface area contributed by atoms with Gasteiger partial charge in [0.2, 0.25) is 5.91 Å². The largest absolute Gasteiger partial charge is 0.326 e. The maximum Gasteiger partial charge on any atom is 0.258 e. The normalized spacial score (nSPS) is 11.1. The third-order valence-electron chi connectivity index (χ3n) is 4.44. The number of rotatable bonds is 6. The summed E-state index contributed by atoms with van der Waals surface area (Å²) in [5, 5.41) is 11.7. The van der Waals surface area contributed by atoms with Crippen molar-refractivity contribution >= 4 is 33.9 Å². The highest BCUT2D eigenvalue weighted by molar-refractivity contribution is 5.91. The number of benzene rings is 3. The van der Waals surface area contributed by atoms with Crippen molar-refractivity contribution in [3.05, 3.63) is 95.0 Å². The van der Waals surface area contributed by atoms with E-state index in [0.29, 0.717) is 34.5 Å². The Morgan fingerprint density at radius 2 is 1.53 bits per heavy atom. The predicted octanol–water partition coefficient (Wildman–Crippen LogP) is 4.91. The third kappa shape index (κ3) is 4.82. The van der Waals surface area contributed by atoms with Gasteiger partial charge >= 0.3 is 0 Å². The van der Waals surface area contributed by atoms with Gasteiger partial charge in [-0.1, -0.05) is 30.3 Å². The maximum absolute atomic E-state index is 12.3. The minimum Gasteiger partial charge on any atom is -0.326 e. The van der Waals surface area contributed by atoms with Gasteiger partial charge in [-0.05, 0) is 48.5 Å². The Morgan fingerprint density at radius 3 is 2.30 bits per heavy atom. The first kappa shape index (κ1) is 19.2. The predicted molar refractivity (Wildman–Crippen MR) is 116 cm³/mol. The van der Waals surface area contributed by atoms with E-state index in [-0.39, 0.29) is 17.9 Å². The van der Waals surface area contributed by atoms with Crippen LogP contribution in [0.1, 0.15) is 12.2 Å². The van der Waals surface area contributed by atoms with E-state index in [1.54, 1.807) is 42.5 Å². The summed E-state index contributed by atoms with van der Waals surface area (Å²) in [4.78, 5) is 31.5. The van der Waals surface area contributed by atoms with Crippen LogP contribution in [-0.2, 0) is 11.2 Å². The Morgan fingerprint density at radius 1 is 0.867 bits per heavy atom. The first-order valence-corrected chi connectivity index (χ1v) is 9.52. The average molecular weight is 397 g/mol. The maximum atomic E-state index is 12.3. The number of aromatic amines is 1. The molecular formula is C23H19N5O2. The van der Waals surface area contributed by atoms with E-state index < -0.39 is 0 Å². The van der Waals surface area contributed by atoms with Crippen LogP contribution in [0.25, 0.3) is 10.9 Å². The van der Waals surface area contributed by atoms with Crippen molar-refractivity contribution in [1.82, 2.24) is 9.97 Å². The standard InChI is InChI=1S/C23H19N5O2/c29-22(15-14-21-25-20-9-5-4-8-19(20)23(30)26-21)24-16-10-12-18(13-11-16)28-27-17-6-2-1-3-7-17/h1-13H,14-15H2,(H,24,29)(H,25,26,30). The Bertz CT molecular complexity index is 1250. The lowest BCUT2D eigenvalue weighted by atomic mass is 10.2. The number of nitrogens with zero attached hydrogens (tertiary/aromatic N) is 3. The Kier molecular flexibility index (Phi) is 5.70. The van der Waals surface area contributed by atoms with Gasteiger partial charge in [-0.25, -0.2) is 4.98 Å². The van der Waals surface area contributed by atoms with Crippen LogP contribution in [0.5, 0.6) is 0 Å². The molecule has 0 aliphatic heterocycles. The fraction of sp³-hybridized carbons (Fsp3) is 0.0870. The summed E-state index contributed by atoms with van der Waals surface area (Å²) in [6.45, 7) is 0. The molecule has 30 heavy (non-hydrogen) atoms. The molecule has 0 bridgehead atoms. The average Bonchev–Trinajstić information content (AvgIpc) is 2.78. The quantitative estimate of drug-likeness (QED) is 0.452. The molecule has 0 atom stereocenters. The summed E-state index contributed by atoms with van der Waals surface area (Å²) in [5.74, 6) is 0.329. The van der Waals surface area contributed by atoms with E-state index in [4.69, 9.17) is 0 Å². The summed E-state index contributed by atoms with van der Waals surface area (Å²) >= 11 is 0. The molecule has 0 radical (unpaired) electrons. The van der Waals surface area contributed by atoms with Crippen LogP contribution in [0.3, 0.4) is 0 Å². The highest BCUT2D eigenvalue weighted by Gasteiger charge is 2.07. The molecule has 0 spiro atoms. The number of hydrogen-bond donors (Lipinski definition) is 2. The Labute approximate surface area is 172 Å². The summed E-state index contributed by atoms with van der Waals surface area (Å²) in [5.41, 5.74) is 2.55. The SMILES string of the molecule is O=C(CCc1nc2ccccc2c(=O)[nH]1)Nc1ccc(N=Nc2ccccc2)cc1. The molecule has 1 aromatic heterocycles. The number of fused-ring (bicyclic) bond motifs is 1. The van der Waals surface area contributed by atoms with Crippen LogP contribution in [0.4, 0.5) is 17.1 Å². The molecule has 0 unspecified atom stereocenters. The summed E-state index contributed by atoms with van der Waals surface area (Å²) < 4.78 is 0. The molecule has 1 amide bonds. The van der Waals surface area contributed by atoms with Gasteiger partial charge in [0.15, 0.2) is 0 Å². The smallest absolute Gasteiger partial charge is 0.258 e. The molecule has 4 rings (SSSR count). The van der Waals surface area contributed by atoms with Crippen molar-refractivity contribution in [2.75, 3.05) is 5.32 Å². The number of aromatic nitrogens is 2. The van der Waals surface area contributed by atoms with Crippen molar-refractivity contribution < 1.29 is 4.79 Å². The van der Waals surface area contributed by atoms with Gasteiger partial charge in [-0.2, -0.15) is 10.2 Å². The van der Waals surface area contributed by atoms with Crippen LogP contribution in [-0.4, -0.2) is 15.9 Å². The van der Waals surface area contributed by atoms with Gasteiger partial charge in [0, 0.05) is 18.5 Å². The van der Waals surface area contributed by atoms with Crippen LogP contribution in [0.2, 0.25) is 0 Å². The molecule has 0 saturated heterocycles. The van der Waals surface area contributed by atoms with Gasteiger partial charge in [0.05, 0.1) is 22.3 Å². The third-order valence-corrected chi connectivity index (χ3v) is 4.44.